The molecule has 1 aromatic carbocycles. The highest BCUT2D eigenvalue weighted by atomic mass is 16.5. The molecule has 7 nitrogen and oxygen atoms in total. The van der Waals surface area contributed by atoms with E-state index < -0.39 is 0 Å². The molecule has 27 heavy (non-hydrogen) atoms. The smallest absolute Gasteiger partial charge is 0.134 e. The van der Waals surface area contributed by atoms with Crippen LogP contribution in [-0.4, -0.2) is 40.8 Å². The highest BCUT2D eigenvalue weighted by Crippen LogP contribution is 2.31. The van der Waals surface area contributed by atoms with Crippen LogP contribution < -0.4 is 15.5 Å². The highest BCUT2D eigenvalue weighted by Gasteiger charge is 2.32. The van der Waals surface area contributed by atoms with Gasteiger partial charge in [-0.05, 0) is 5.56 Å². The van der Waals surface area contributed by atoms with Crippen LogP contribution in [0.2, 0.25) is 0 Å². The SMILES string of the molecule is N[C@H]1CN(c2cc(N3CCc4nocc4C3)ncn2)C[C@@H]1c1ccccc1. The minimum absolute atomic E-state index is 0.0976. The number of nitrogens with zero attached hydrogens (tertiary/aromatic N) is 5. The predicted molar refractivity (Wildman–Crippen MR) is 103 cm³/mol. The number of hydrogen-bond donors (Lipinski definition) is 1. The predicted octanol–water partition coefficient (Wildman–Crippen LogP) is 1.96. The van der Waals surface area contributed by atoms with Crippen LogP contribution in [0.4, 0.5) is 11.6 Å². The van der Waals surface area contributed by atoms with E-state index in [1.165, 1.54) is 5.56 Å². The monoisotopic (exact) mass is 362 g/mol. The van der Waals surface area contributed by atoms with Gasteiger partial charge in [0.05, 0.1) is 5.69 Å². The lowest BCUT2D eigenvalue weighted by molar-refractivity contribution is 0.412. The van der Waals surface area contributed by atoms with Crippen molar-refractivity contribution in [2.75, 3.05) is 29.4 Å². The third-order valence-electron chi connectivity index (χ3n) is 5.59. The first kappa shape index (κ1) is 16.3. The Morgan fingerprint density at radius 1 is 1.04 bits per heavy atom. The zero-order chi connectivity index (χ0) is 18.2. The molecule has 0 saturated carbocycles. The van der Waals surface area contributed by atoms with Gasteiger partial charge in [-0.15, -0.1) is 0 Å². The minimum Gasteiger partial charge on any atom is -0.364 e. The first-order valence-electron chi connectivity index (χ1n) is 9.32. The number of anilines is 2. The van der Waals surface area contributed by atoms with Crippen molar-refractivity contribution in [2.45, 2.75) is 24.9 Å². The van der Waals surface area contributed by atoms with E-state index >= 15 is 0 Å². The second-order valence-electron chi connectivity index (χ2n) is 7.28. The van der Waals surface area contributed by atoms with Crippen LogP contribution in [0, 0.1) is 0 Å². The van der Waals surface area contributed by atoms with E-state index in [2.05, 4.69) is 55.3 Å². The molecular weight excluding hydrogens is 340 g/mol. The van der Waals surface area contributed by atoms with E-state index in [1.807, 2.05) is 6.07 Å². The molecule has 0 bridgehead atoms. The van der Waals surface area contributed by atoms with Crippen LogP contribution in [0.15, 0.2) is 53.5 Å². The van der Waals surface area contributed by atoms with Crippen LogP contribution in [0.1, 0.15) is 22.7 Å². The molecule has 1 saturated heterocycles. The van der Waals surface area contributed by atoms with Crippen molar-refractivity contribution < 1.29 is 4.52 Å². The van der Waals surface area contributed by atoms with Gasteiger partial charge in [-0.25, -0.2) is 9.97 Å². The van der Waals surface area contributed by atoms with Gasteiger partial charge >= 0.3 is 0 Å². The van der Waals surface area contributed by atoms with Crippen molar-refractivity contribution in [3.05, 3.63) is 65.8 Å². The van der Waals surface area contributed by atoms with Gasteiger partial charge < -0.3 is 20.1 Å². The maximum absolute atomic E-state index is 6.45. The van der Waals surface area contributed by atoms with Crippen molar-refractivity contribution in [3.8, 4) is 0 Å². The van der Waals surface area contributed by atoms with Crippen molar-refractivity contribution >= 4 is 11.6 Å². The molecule has 2 aliphatic heterocycles. The lowest BCUT2D eigenvalue weighted by atomic mass is 9.95. The van der Waals surface area contributed by atoms with Gasteiger partial charge in [0.25, 0.3) is 0 Å². The molecule has 1 fully saturated rings. The van der Waals surface area contributed by atoms with E-state index in [9.17, 15) is 0 Å². The van der Waals surface area contributed by atoms with E-state index in [4.69, 9.17) is 10.3 Å². The zero-order valence-corrected chi connectivity index (χ0v) is 15.0. The quantitative estimate of drug-likeness (QED) is 0.762. The summed E-state index contributed by atoms with van der Waals surface area (Å²) in [4.78, 5) is 13.5. The number of rotatable bonds is 3. The second kappa shape index (κ2) is 6.66. The van der Waals surface area contributed by atoms with Crippen molar-refractivity contribution in [2.24, 2.45) is 5.73 Å². The summed E-state index contributed by atoms with van der Waals surface area (Å²) in [6.45, 7) is 3.31. The molecule has 3 aromatic rings. The van der Waals surface area contributed by atoms with E-state index in [0.29, 0.717) is 5.92 Å². The van der Waals surface area contributed by atoms with Crippen LogP contribution >= 0.6 is 0 Å². The molecule has 2 N–H and O–H groups in total. The molecule has 138 valence electrons. The average Bonchev–Trinajstić information content (AvgIpc) is 3.34. The first-order valence-corrected chi connectivity index (χ1v) is 9.32. The summed E-state index contributed by atoms with van der Waals surface area (Å²) >= 11 is 0. The summed E-state index contributed by atoms with van der Waals surface area (Å²) in [5.41, 5.74) is 9.92. The minimum atomic E-state index is 0.0976. The van der Waals surface area contributed by atoms with Crippen LogP contribution in [0.3, 0.4) is 0 Å². The maximum atomic E-state index is 6.45. The lowest BCUT2D eigenvalue weighted by Gasteiger charge is -2.27. The highest BCUT2D eigenvalue weighted by molar-refractivity contribution is 5.53. The second-order valence-corrected chi connectivity index (χ2v) is 7.28. The number of benzene rings is 1. The Labute approximate surface area is 157 Å². The fraction of sp³-hybridized carbons (Fsp3) is 0.350. The molecule has 2 aromatic heterocycles. The van der Waals surface area contributed by atoms with E-state index in [0.717, 1.165) is 55.5 Å². The number of hydrogen-bond acceptors (Lipinski definition) is 7. The van der Waals surface area contributed by atoms with Gasteiger partial charge in [0.2, 0.25) is 0 Å². The summed E-state index contributed by atoms with van der Waals surface area (Å²) in [7, 11) is 0. The average molecular weight is 362 g/mol. The summed E-state index contributed by atoms with van der Waals surface area (Å²) in [5.74, 6) is 2.19. The van der Waals surface area contributed by atoms with Crippen molar-refractivity contribution in [1.82, 2.24) is 15.1 Å². The summed E-state index contributed by atoms with van der Waals surface area (Å²) < 4.78 is 5.09. The molecule has 2 atom stereocenters. The maximum Gasteiger partial charge on any atom is 0.134 e. The number of nitrogens with two attached hydrogens (primary N) is 1. The lowest BCUT2D eigenvalue weighted by Crippen LogP contribution is -2.31. The Morgan fingerprint density at radius 2 is 1.85 bits per heavy atom. The van der Waals surface area contributed by atoms with E-state index in [-0.39, 0.29) is 6.04 Å². The third kappa shape index (κ3) is 3.04. The summed E-state index contributed by atoms with van der Waals surface area (Å²) in [5, 5.41) is 4.05. The van der Waals surface area contributed by atoms with Gasteiger partial charge in [-0.1, -0.05) is 35.5 Å². The zero-order valence-electron chi connectivity index (χ0n) is 15.0. The molecule has 0 spiro atoms. The number of fused-ring (bicyclic) bond motifs is 1. The molecular formula is C20H22N6O. The van der Waals surface area contributed by atoms with Gasteiger partial charge in [-0.2, -0.15) is 0 Å². The Hall–Kier alpha value is -2.93. The summed E-state index contributed by atoms with van der Waals surface area (Å²) in [6, 6.07) is 12.7. The third-order valence-corrected chi connectivity index (χ3v) is 5.59. The standard InChI is InChI=1S/C20H22N6O/c21-17-11-26(10-16(17)14-4-2-1-3-5-14)20-8-19(22-13-23-20)25-7-6-18-15(9-25)12-27-24-18/h1-5,8,12-13,16-17H,6-7,9-11,21H2/t16-,17+/m1/s1. The van der Waals surface area contributed by atoms with E-state index in [1.54, 1.807) is 12.6 Å². The van der Waals surface area contributed by atoms with Crippen molar-refractivity contribution in [1.29, 1.82) is 0 Å². The molecule has 4 heterocycles. The topological polar surface area (TPSA) is 84.3 Å². The molecule has 0 aliphatic carbocycles. The molecule has 2 aliphatic rings. The van der Waals surface area contributed by atoms with Gasteiger partial charge in [0.1, 0.15) is 24.2 Å². The largest absolute Gasteiger partial charge is 0.364 e. The molecule has 0 amide bonds. The molecule has 0 radical (unpaired) electrons. The molecule has 7 heteroatoms. The number of aromatic nitrogens is 3. The Bertz CT molecular complexity index is 927. The normalized spacial score (nSPS) is 22.1. The molecule has 5 rings (SSSR count). The van der Waals surface area contributed by atoms with Crippen LogP contribution in [0.5, 0.6) is 0 Å². The van der Waals surface area contributed by atoms with Crippen LogP contribution in [-0.2, 0) is 13.0 Å². The first-order chi connectivity index (χ1) is 13.3. The fourth-order valence-corrected chi connectivity index (χ4v) is 4.09. The summed E-state index contributed by atoms with van der Waals surface area (Å²) in [6.07, 6.45) is 4.25. The Kier molecular flexibility index (Phi) is 4.01. The Morgan fingerprint density at radius 3 is 2.70 bits per heavy atom. The van der Waals surface area contributed by atoms with Gasteiger partial charge in [0.15, 0.2) is 0 Å². The van der Waals surface area contributed by atoms with Gasteiger partial charge in [0, 0.05) is 56.2 Å². The van der Waals surface area contributed by atoms with Gasteiger partial charge in [-0.3, -0.25) is 0 Å². The molecule has 0 unspecified atom stereocenters. The fourth-order valence-electron chi connectivity index (χ4n) is 4.09. The Balaban J connectivity index is 1.35. The van der Waals surface area contributed by atoms with Crippen molar-refractivity contribution in [3.63, 3.8) is 0 Å². The van der Waals surface area contributed by atoms with Crippen LogP contribution in [0.25, 0.3) is 0 Å².